The largest absolute Gasteiger partial charge is 0.388 e. The minimum Gasteiger partial charge on any atom is -0.388 e. The van der Waals surface area contributed by atoms with E-state index in [1.807, 2.05) is 12.3 Å². The zero-order valence-corrected chi connectivity index (χ0v) is 19.9. The Hall–Kier alpha value is -2.67. The molecular weight excluding hydrogens is 472 g/mol. The highest BCUT2D eigenvalue weighted by Crippen LogP contribution is 2.18. The molecule has 9 nitrogen and oxygen atoms in total. The number of nitrogens with zero attached hydrogens (tertiary/aromatic N) is 3. The van der Waals surface area contributed by atoms with Crippen molar-refractivity contribution in [1.82, 2.24) is 9.97 Å². The first-order valence-corrected chi connectivity index (χ1v) is 12.9. The number of nitrogens with one attached hydrogen (secondary N) is 1. The summed E-state index contributed by atoms with van der Waals surface area (Å²) in [6, 6.07) is 5.96. The van der Waals surface area contributed by atoms with E-state index in [0.29, 0.717) is 28.7 Å². The molecule has 0 aliphatic heterocycles. The van der Waals surface area contributed by atoms with E-state index in [2.05, 4.69) is 20.4 Å². The summed E-state index contributed by atoms with van der Waals surface area (Å²) < 4.78 is 29.9. The Morgan fingerprint density at radius 3 is 2.62 bits per heavy atom. The number of aromatic nitrogens is 2. The number of hydrogen-bond donors (Lipinski definition) is 1. The number of methoxy groups -OCH3 is 1. The van der Waals surface area contributed by atoms with Crippen LogP contribution in [0.1, 0.15) is 21.9 Å². The third-order valence-corrected chi connectivity index (χ3v) is 7.53. The topological polar surface area (TPSA) is 120 Å². The Labute approximate surface area is 194 Å². The van der Waals surface area contributed by atoms with Crippen molar-refractivity contribution < 1.29 is 22.8 Å². The zero-order chi connectivity index (χ0) is 23.0. The van der Waals surface area contributed by atoms with E-state index in [1.165, 1.54) is 54.0 Å². The van der Waals surface area contributed by atoms with Gasteiger partial charge in [0.1, 0.15) is 5.01 Å². The Morgan fingerprint density at radius 1 is 1.22 bits per heavy atom. The van der Waals surface area contributed by atoms with Gasteiger partial charge in [-0.15, -0.1) is 22.7 Å². The van der Waals surface area contributed by atoms with E-state index in [1.54, 1.807) is 12.4 Å². The smallest absolute Gasteiger partial charge is 0.280 e. The third-order valence-electron chi connectivity index (χ3n) is 4.13. The number of carbonyl (C=O) groups is 1. The van der Waals surface area contributed by atoms with Crippen LogP contribution in [0.5, 0.6) is 0 Å². The minimum atomic E-state index is -3.45. The summed E-state index contributed by atoms with van der Waals surface area (Å²) in [6.45, 7) is 2.35. The van der Waals surface area contributed by atoms with E-state index in [-0.39, 0.29) is 23.0 Å². The van der Waals surface area contributed by atoms with E-state index in [4.69, 9.17) is 9.57 Å². The predicted molar refractivity (Wildman–Crippen MR) is 124 cm³/mol. The van der Waals surface area contributed by atoms with E-state index in [0.717, 1.165) is 4.88 Å². The number of sulfone groups is 1. The Kier molecular flexibility index (Phi) is 8.45. The Balaban J connectivity index is 1.80. The summed E-state index contributed by atoms with van der Waals surface area (Å²) in [5.74, 6) is -0.545. The van der Waals surface area contributed by atoms with E-state index >= 15 is 0 Å². The standard InChI is InChI=1S/C20H22N4O5S3/c1-14-12-22-20(31-14)23-19(25)18(24-29-13-17-21-8-10-30-17)15-4-6-16(7-5-15)32(26,27)11-3-9-28-2/h4-8,10,12H,3,9,11,13H2,1-2H3,(H,22,23,25). The maximum atomic E-state index is 12.9. The van der Waals surface area contributed by atoms with Crippen LogP contribution in [0, 0.1) is 6.92 Å². The lowest BCUT2D eigenvalue weighted by atomic mass is 10.1. The lowest BCUT2D eigenvalue weighted by Gasteiger charge is -2.08. The first kappa shape index (κ1) is 24.0. The van der Waals surface area contributed by atoms with Crippen molar-refractivity contribution in [2.24, 2.45) is 5.16 Å². The van der Waals surface area contributed by atoms with Gasteiger partial charge in [0.05, 0.1) is 10.6 Å². The highest BCUT2D eigenvalue weighted by atomic mass is 32.2. The fourth-order valence-corrected chi connectivity index (χ4v) is 5.07. The molecule has 0 fully saturated rings. The maximum Gasteiger partial charge on any atom is 0.280 e. The van der Waals surface area contributed by atoms with Gasteiger partial charge in [0.25, 0.3) is 5.91 Å². The number of hydrogen-bond acceptors (Lipinski definition) is 10. The molecule has 170 valence electrons. The molecular formula is C20H22N4O5S3. The second-order valence-corrected chi connectivity index (χ2v) is 10.9. The van der Waals surface area contributed by atoms with Crippen LogP contribution in [0.25, 0.3) is 0 Å². The number of ether oxygens (including phenoxy) is 1. The summed E-state index contributed by atoms with van der Waals surface area (Å²) in [5.41, 5.74) is 0.406. The van der Waals surface area contributed by atoms with Gasteiger partial charge in [-0.25, -0.2) is 18.4 Å². The highest BCUT2D eigenvalue weighted by molar-refractivity contribution is 7.91. The highest BCUT2D eigenvalue weighted by Gasteiger charge is 2.19. The lowest BCUT2D eigenvalue weighted by Crippen LogP contribution is -2.24. The van der Waals surface area contributed by atoms with Crippen molar-refractivity contribution >= 4 is 49.3 Å². The van der Waals surface area contributed by atoms with Crippen molar-refractivity contribution in [3.05, 3.63) is 57.5 Å². The predicted octanol–water partition coefficient (Wildman–Crippen LogP) is 3.28. The van der Waals surface area contributed by atoms with Crippen LogP contribution in [-0.4, -0.2) is 49.5 Å². The summed E-state index contributed by atoms with van der Waals surface area (Å²) in [6.07, 6.45) is 3.70. The van der Waals surface area contributed by atoms with Gasteiger partial charge in [0.15, 0.2) is 27.3 Å². The number of anilines is 1. The first-order valence-electron chi connectivity index (χ1n) is 9.53. The lowest BCUT2D eigenvalue weighted by molar-refractivity contribution is -0.110. The Morgan fingerprint density at radius 2 is 2.00 bits per heavy atom. The summed E-state index contributed by atoms with van der Waals surface area (Å²) in [7, 11) is -1.93. The van der Waals surface area contributed by atoms with Crippen molar-refractivity contribution in [2.45, 2.75) is 24.8 Å². The molecule has 1 amide bonds. The van der Waals surface area contributed by atoms with E-state index < -0.39 is 15.7 Å². The molecule has 3 aromatic rings. The molecule has 0 radical (unpaired) electrons. The van der Waals surface area contributed by atoms with Gasteiger partial charge in [-0.05, 0) is 25.5 Å². The SMILES string of the molecule is COCCCS(=O)(=O)c1ccc(C(=NOCc2nccs2)C(=O)Nc2ncc(C)s2)cc1. The quantitative estimate of drug-likeness (QED) is 0.247. The number of thiazole rings is 2. The number of carbonyl (C=O) groups excluding carboxylic acids is 1. The second-order valence-electron chi connectivity index (χ2n) is 6.56. The number of oxime groups is 1. The van der Waals surface area contributed by atoms with Crippen LogP contribution < -0.4 is 5.32 Å². The summed E-state index contributed by atoms with van der Waals surface area (Å²) in [4.78, 5) is 27.6. The summed E-state index contributed by atoms with van der Waals surface area (Å²) >= 11 is 2.74. The average molecular weight is 495 g/mol. The molecule has 2 heterocycles. The molecule has 3 rings (SSSR count). The molecule has 0 unspecified atom stereocenters. The van der Waals surface area contributed by atoms with Gasteiger partial charge >= 0.3 is 0 Å². The number of amides is 1. The molecule has 0 aliphatic rings. The van der Waals surface area contributed by atoms with Crippen molar-refractivity contribution in [3.8, 4) is 0 Å². The Bertz CT molecular complexity index is 1160. The van der Waals surface area contributed by atoms with Crippen LogP contribution in [0.15, 0.2) is 52.1 Å². The molecule has 0 bridgehead atoms. The molecule has 32 heavy (non-hydrogen) atoms. The fraction of sp³-hybridized carbons (Fsp3) is 0.300. The molecule has 0 saturated heterocycles. The third kappa shape index (κ3) is 6.66. The molecule has 0 aliphatic carbocycles. The van der Waals surface area contributed by atoms with Crippen molar-refractivity contribution in [1.29, 1.82) is 0 Å². The van der Waals surface area contributed by atoms with Crippen LogP contribution in [0.2, 0.25) is 0 Å². The number of benzene rings is 1. The van der Waals surface area contributed by atoms with Crippen molar-refractivity contribution in [3.63, 3.8) is 0 Å². The zero-order valence-electron chi connectivity index (χ0n) is 17.5. The average Bonchev–Trinajstić information content (AvgIpc) is 3.43. The molecule has 12 heteroatoms. The molecule has 0 atom stereocenters. The van der Waals surface area contributed by atoms with Gasteiger partial charge in [0.2, 0.25) is 0 Å². The van der Waals surface area contributed by atoms with Gasteiger partial charge in [-0.1, -0.05) is 17.3 Å². The monoisotopic (exact) mass is 494 g/mol. The van der Waals surface area contributed by atoms with Gasteiger partial charge < -0.3 is 9.57 Å². The van der Waals surface area contributed by atoms with Crippen LogP contribution in [0.3, 0.4) is 0 Å². The first-order chi connectivity index (χ1) is 15.4. The number of rotatable bonds is 11. The number of aryl methyl sites for hydroxylation is 1. The van der Waals surface area contributed by atoms with Crippen LogP contribution in [-0.2, 0) is 30.8 Å². The van der Waals surface area contributed by atoms with Gasteiger partial charge in [-0.2, -0.15) is 0 Å². The fourth-order valence-electron chi connectivity index (χ4n) is 2.60. The summed E-state index contributed by atoms with van der Waals surface area (Å²) in [5, 5.41) is 9.65. The van der Waals surface area contributed by atoms with Gasteiger partial charge in [0, 0.05) is 41.9 Å². The molecule has 1 N–H and O–H groups in total. The van der Waals surface area contributed by atoms with Crippen LogP contribution >= 0.6 is 22.7 Å². The van der Waals surface area contributed by atoms with E-state index in [9.17, 15) is 13.2 Å². The van der Waals surface area contributed by atoms with Crippen LogP contribution in [0.4, 0.5) is 5.13 Å². The molecule has 0 saturated carbocycles. The molecule has 2 aromatic heterocycles. The van der Waals surface area contributed by atoms with Crippen molar-refractivity contribution in [2.75, 3.05) is 24.8 Å². The van der Waals surface area contributed by atoms with Gasteiger partial charge in [-0.3, -0.25) is 10.1 Å². The maximum absolute atomic E-state index is 12.9. The second kappa shape index (κ2) is 11.3. The minimum absolute atomic E-state index is 0.00209. The molecule has 1 aromatic carbocycles. The molecule has 0 spiro atoms. The normalized spacial score (nSPS) is 12.0.